The van der Waals surface area contributed by atoms with Crippen molar-refractivity contribution in [1.82, 2.24) is 15.5 Å². The van der Waals surface area contributed by atoms with Crippen LogP contribution < -0.4 is 15.4 Å². The van der Waals surface area contributed by atoms with Crippen molar-refractivity contribution in [3.05, 3.63) is 89.0 Å². The fourth-order valence-corrected chi connectivity index (χ4v) is 5.55. The molecule has 8 heteroatoms. The number of hydrogen-bond acceptors (Lipinski definition) is 4. The van der Waals surface area contributed by atoms with E-state index in [0.29, 0.717) is 39.0 Å². The number of benzene rings is 3. The molecule has 2 aliphatic rings. The molecule has 8 nitrogen and oxygen atoms in total. The average molecular weight is 542 g/mol. The number of carboxylic acids is 1. The maximum atomic E-state index is 13.0. The minimum absolute atomic E-state index is 0.0117. The van der Waals surface area contributed by atoms with Crippen molar-refractivity contribution >= 4 is 17.9 Å². The van der Waals surface area contributed by atoms with Gasteiger partial charge in [-0.3, -0.25) is 9.59 Å². The van der Waals surface area contributed by atoms with Gasteiger partial charge in [-0.2, -0.15) is 0 Å². The van der Waals surface area contributed by atoms with E-state index in [0.717, 1.165) is 34.4 Å². The highest BCUT2D eigenvalue weighted by Gasteiger charge is 2.43. The van der Waals surface area contributed by atoms with Crippen LogP contribution in [0.3, 0.4) is 0 Å². The summed E-state index contributed by atoms with van der Waals surface area (Å²) in [5.41, 5.74) is 6.55. The minimum atomic E-state index is -0.876. The monoisotopic (exact) mass is 541 g/mol. The SMILES string of the molecule is COc1cccc(-c2ccc(CNC(=O)[C@H]3C[C@@H]3c3ccccc3)c3c2CCN(C(=O)NCCCC(=O)O)C3)c1. The molecule has 1 saturated carbocycles. The molecule has 3 N–H and O–H groups in total. The lowest BCUT2D eigenvalue weighted by atomic mass is 9.87. The summed E-state index contributed by atoms with van der Waals surface area (Å²) in [6, 6.07) is 22.0. The first-order valence-electron chi connectivity index (χ1n) is 13.8. The number of hydrogen-bond donors (Lipinski definition) is 3. The third-order valence-corrected chi connectivity index (χ3v) is 7.83. The van der Waals surface area contributed by atoms with Crippen LogP contribution in [0.2, 0.25) is 0 Å². The van der Waals surface area contributed by atoms with Gasteiger partial charge >= 0.3 is 12.0 Å². The van der Waals surface area contributed by atoms with Crippen LogP contribution in [0.5, 0.6) is 5.75 Å². The van der Waals surface area contributed by atoms with Gasteiger partial charge < -0.3 is 25.4 Å². The molecule has 0 radical (unpaired) electrons. The Labute approximate surface area is 234 Å². The van der Waals surface area contributed by atoms with Crippen LogP contribution in [-0.2, 0) is 29.1 Å². The summed E-state index contributed by atoms with van der Waals surface area (Å²) in [6.45, 7) is 1.67. The van der Waals surface area contributed by atoms with Gasteiger partial charge in [-0.15, -0.1) is 0 Å². The van der Waals surface area contributed by atoms with Crippen LogP contribution in [0.1, 0.15) is 47.4 Å². The van der Waals surface area contributed by atoms with E-state index >= 15 is 0 Å². The van der Waals surface area contributed by atoms with Gasteiger partial charge in [0.1, 0.15) is 5.75 Å². The van der Waals surface area contributed by atoms with E-state index in [1.165, 1.54) is 11.1 Å². The largest absolute Gasteiger partial charge is 0.497 e. The van der Waals surface area contributed by atoms with E-state index < -0.39 is 5.97 Å². The second kappa shape index (κ2) is 12.2. The Balaban J connectivity index is 1.33. The number of carbonyl (C=O) groups is 3. The number of amides is 3. The van der Waals surface area contributed by atoms with Gasteiger partial charge in [0.15, 0.2) is 0 Å². The highest BCUT2D eigenvalue weighted by molar-refractivity contribution is 5.83. The Hall–Kier alpha value is -4.33. The number of nitrogens with one attached hydrogen (secondary N) is 2. The quantitative estimate of drug-likeness (QED) is 0.322. The van der Waals surface area contributed by atoms with Crippen LogP contribution in [-0.4, -0.2) is 48.1 Å². The maximum absolute atomic E-state index is 13.0. The van der Waals surface area contributed by atoms with E-state index in [-0.39, 0.29) is 30.2 Å². The standard InChI is InChI=1S/C32H35N3O5/c1-40-24-10-5-9-22(17-24)25-13-12-23(19-34-31(38)28-18-27(28)21-7-3-2-4-8-21)29-20-35(16-14-26(25)29)32(39)33-15-6-11-30(36)37/h2-5,7-10,12-13,17,27-28H,6,11,14-16,18-20H2,1H3,(H,33,39)(H,34,38)(H,36,37)/t27-,28+/m1/s1. The fraction of sp³-hybridized carbons (Fsp3) is 0.344. The summed E-state index contributed by atoms with van der Waals surface area (Å²) in [7, 11) is 1.65. The summed E-state index contributed by atoms with van der Waals surface area (Å²) in [4.78, 5) is 38.5. The number of carbonyl (C=O) groups excluding carboxylic acids is 2. The minimum Gasteiger partial charge on any atom is -0.497 e. The topological polar surface area (TPSA) is 108 Å². The van der Waals surface area contributed by atoms with Crippen molar-refractivity contribution in [1.29, 1.82) is 0 Å². The third kappa shape index (κ3) is 6.28. The molecule has 1 fully saturated rings. The van der Waals surface area contributed by atoms with Crippen molar-refractivity contribution in [3.8, 4) is 16.9 Å². The second-order valence-corrected chi connectivity index (χ2v) is 10.4. The number of aliphatic carboxylic acids is 1. The Kier molecular flexibility index (Phi) is 8.34. The summed E-state index contributed by atoms with van der Waals surface area (Å²) >= 11 is 0. The molecule has 0 spiro atoms. The molecular formula is C32H35N3O5. The third-order valence-electron chi connectivity index (χ3n) is 7.83. The summed E-state index contributed by atoms with van der Waals surface area (Å²) in [5.74, 6) is 0.217. The van der Waals surface area contributed by atoms with Crippen molar-refractivity contribution < 1.29 is 24.2 Å². The predicted octanol–water partition coefficient (Wildman–Crippen LogP) is 4.71. The first-order valence-corrected chi connectivity index (χ1v) is 13.8. The summed E-state index contributed by atoms with van der Waals surface area (Å²) < 4.78 is 5.44. The zero-order chi connectivity index (χ0) is 28.1. The van der Waals surface area contributed by atoms with E-state index in [4.69, 9.17) is 9.84 Å². The maximum Gasteiger partial charge on any atom is 0.317 e. The van der Waals surface area contributed by atoms with Crippen LogP contribution in [0, 0.1) is 5.92 Å². The van der Waals surface area contributed by atoms with Crippen molar-refractivity contribution in [2.45, 2.75) is 44.7 Å². The Morgan fingerprint density at radius 1 is 1.00 bits per heavy atom. The molecule has 0 saturated heterocycles. The molecule has 3 amide bonds. The van der Waals surface area contributed by atoms with Gasteiger partial charge in [0, 0.05) is 38.5 Å². The Morgan fingerprint density at radius 3 is 2.60 bits per heavy atom. The molecule has 0 bridgehead atoms. The van der Waals surface area contributed by atoms with E-state index in [1.54, 1.807) is 12.0 Å². The molecular weight excluding hydrogens is 506 g/mol. The molecule has 3 aromatic rings. The van der Waals surface area contributed by atoms with Gasteiger partial charge in [0.05, 0.1) is 7.11 Å². The first kappa shape index (κ1) is 27.2. The highest BCUT2D eigenvalue weighted by atomic mass is 16.5. The molecule has 208 valence electrons. The van der Waals surface area contributed by atoms with Crippen LogP contribution in [0.15, 0.2) is 66.7 Å². The van der Waals surface area contributed by atoms with Gasteiger partial charge in [0.2, 0.25) is 5.91 Å². The van der Waals surface area contributed by atoms with E-state index in [9.17, 15) is 14.4 Å². The highest BCUT2D eigenvalue weighted by Crippen LogP contribution is 2.47. The Morgan fingerprint density at radius 2 is 1.82 bits per heavy atom. The number of ether oxygens (including phenoxy) is 1. The smallest absolute Gasteiger partial charge is 0.317 e. The Bertz CT molecular complexity index is 1390. The average Bonchev–Trinajstić information content (AvgIpc) is 3.79. The number of fused-ring (bicyclic) bond motifs is 1. The first-order chi connectivity index (χ1) is 19.4. The molecule has 2 atom stereocenters. The molecule has 1 heterocycles. The zero-order valence-corrected chi connectivity index (χ0v) is 22.7. The lowest BCUT2D eigenvalue weighted by molar-refractivity contribution is -0.137. The lowest BCUT2D eigenvalue weighted by Crippen LogP contribution is -2.43. The number of nitrogens with zero attached hydrogens (tertiary/aromatic N) is 1. The van der Waals surface area contributed by atoms with Gasteiger partial charge in [-0.1, -0.05) is 54.6 Å². The van der Waals surface area contributed by atoms with Gasteiger partial charge in [-0.05, 0) is 70.7 Å². The van der Waals surface area contributed by atoms with Crippen LogP contribution in [0.25, 0.3) is 11.1 Å². The van der Waals surface area contributed by atoms with Crippen LogP contribution in [0.4, 0.5) is 4.79 Å². The molecule has 0 aromatic heterocycles. The molecule has 5 rings (SSSR count). The number of methoxy groups -OCH3 is 1. The molecule has 1 aliphatic carbocycles. The van der Waals surface area contributed by atoms with Crippen molar-refractivity contribution in [2.75, 3.05) is 20.2 Å². The molecule has 1 aliphatic heterocycles. The van der Waals surface area contributed by atoms with Crippen molar-refractivity contribution in [2.24, 2.45) is 5.92 Å². The predicted molar refractivity (Wildman–Crippen MR) is 152 cm³/mol. The fourth-order valence-electron chi connectivity index (χ4n) is 5.55. The van der Waals surface area contributed by atoms with Crippen molar-refractivity contribution in [3.63, 3.8) is 0 Å². The molecule has 0 unspecified atom stereocenters. The van der Waals surface area contributed by atoms with Gasteiger partial charge in [-0.25, -0.2) is 4.79 Å². The zero-order valence-electron chi connectivity index (χ0n) is 22.7. The normalized spacial score (nSPS) is 17.5. The van der Waals surface area contributed by atoms with E-state index in [1.807, 2.05) is 42.5 Å². The lowest BCUT2D eigenvalue weighted by Gasteiger charge is -2.32. The number of rotatable bonds is 10. The molecule has 40 heavy (non-hydrogen) atoms. The summed E-state index contributed by atoms with van der Waals surface area (Å²) in [5, 5.41) is 14.9. The second-order valence-electron chi connectivity index (χ2n) is 10.4. The number of urea groups is 1. The number of carboxylic acid groups (broad SMARTS) is 1. The van der Waals surface area contributed by atoms with Crippen LogP contribution >= 0.6 is 0 Å². The summed E-state index contributed by atoms with van der Waals surface area (Å²) in [6.07, 6.45) is 1.93. The van der Waals surface area contributed by atoms with Gasteiger partial charge in [0.25, 0.3) is 0 Å². The molecule has 3 aromatic carbocycles. The van der Waals surface area contributed by atoms with E-state index in [2.05, 4.69) is 34.9 Å².